The minimum atomic E-state index is -0.0967. The molecule has 4 nitrogen and oxygen atoms in total. The number of nitrogens with one attached hydrogen (secondary N) is 1. The Bertz CT molecular complexity index is 533. The Labute approximate surface area is 138 Å². The van der Waals surface area contributed by atoms with Gasteiger partial charge in [0.1, 0.15) is 5.75 Å². The molecule has 2 rings (SSSR count). The summed E-state index contributed by atoms with van der Waals surface area (Å²) >= 11 is 0. The number of aliphatic hydroxyl groups excluding tert-OH is 1. The third-order valence-electron chi connectivity index (χ3n) is 4.58. The van der Waals surface area contributed by atoms with Crippen molar-refractivity contribution in [2.75, 3.05) is 19.8 Å². The van der Waals surface area contributed by atoms with Crippen LogP contribution in [0.4, 0.5) is 0 Å². The van der Waals surface area contributed by atoms with E-state index < -0.39 is 0 Å². The van der Waals surface area contributed by atoms with Crippen molar-refractivity contribution in [1.29, 1.82) is 0 Å². The topological polar surface area (TPSA) is 58.6 Å². The number of rotatable bonds is 8. The monoisotopic (exact) mass is 317 g/mol. The molecular weight excluding hydrogens is 290 g/mol. The van der Waals surface area contributed by atoms with Gasteiger partial charge in [0, 0.05) is 24.8 Å². The second kappa shape index (κ2) is 8.73. The molecule has 0 unspecified atom stereocenters. The zero-order chi connectivity index (χ0) is 16.5. The van der Waals surface area contributed by atoms with E-state index in [1.54, 1.807) is 12.2 Å². The smallest absolute Gasteiger partial charge is 0.244 e. The van der Waals surface area contributed by atoms with Gasteiger partial charge in [0.2, 0.25) is 5.91 Å². The van der Waals surface area contributed by atoms with Gasteiger partial charge >= 0.3 is 0 Å². The van der Waals surface area contributed by atoms with E-state index in [4.69, 9.17) is 4.74 Å². The van der Waals surface area contributed by atoms with Gasteiger partial charge in [0.05, 0.1) is 6.61 Å². The maximum Gasteiger partial charge on any atom is 0.244 e. The molecule has 4 heteroatoms. The van der Waals surface area contributed by atoms with Crippen molar-refractivity contribution in [2.45, 2.75) is 39.0 Å². The summed E-state index contributed by atoms with van der Waals surface area (Å²) in [7, 11) is 0. The fraction of sp³-hybridized carbons (Fsp3) is 0.526. The highest BCUT2D eigenvalue weighted by molar-refractivity contribution is 5.92. The first-order chi connectivity index (χ1) is 11.2. The highest BCUT2D eigenvalue weighted by Gasteiger charge is 2.33. The fourth-order valence-electron chi connectivity index (χ4n) is 3.28. The molecule has 1 aromatic rings. The second-order valence-electron chi connectivity index (χ2n) is 6.20. The van der Waals surface area contributed by atoms with Crippen molar-refractivity contribution in [2.24, 2.45) is 5.41 Å². The van der Waals surface area contributed by atoms with Crippen LogP contribution in [0.3, 0.4) is 0 Å². The molecule has 0 heterocycles. The number of amides is 1. The molecule has 0 aliphatic heterocycles. The van der Waals surface area contributed by atoms with E-state index in [9.17, 15) is 9.90 Å². The predicted octanol–water partition coefficient (Wildman–Crippen LogP) is 3.16. The first kappa shape index (κ1) is 17.5. The van der Waals surface area contributed by atoms with Crippen molar-refractivity contribution in [3.05, 3.63) is 35.9 Å². The Morgan fingerprint density at radius 2 is 2.09 bits per heavy atom. The molecule has 0 atom stereocenters. The normalized spacial score (nSPS) is 16.6. The van der Waals surface area contributed by atoms with E-state index in [1.165, 1.54) is 12.8 Å². The molecule has 1 amide bonds. The summed E-state index contributed by atoms with van der Waals surface area (Å²) in [6, 6.07) is 7.67. The van der Waals surface area contributed by atoms with Crippen LogP contribution in [-0.4, -0.2) is 30.8 Å². The van der Waals surface area contributed by atoms with E-state index in [0.29, 0.717) is 13.2 Å². The quantitative estimate of drug-likeness (QED) is 0.724. The number of hydrogen-bond acceptors (Lipinski definition) is 3. The van der Waals surface area contributed by atoms with Crippen LogP contribution in [0, 0.1) is 5.41 Å². The van der Waals surface area contributed by atoms with Gasteiger partial charge in [-0.25, -0.2) is 0 Å². The van der Waals surface area contributed by atoms with Crippen LogP contribution in [0.25, 0.3) is 6.08 Å². The lowest BCUT2D eigenvalue weighted by Gasteiger charge is -2.28. The SMILES string of the molecule is CCOc1ccccc1C=CC(=O)NCC1(CCO)CCCC1. The number of benzene rings is 1. The summed E-state index contributed by atoms with van der Waals surface area (Å²) in [5.74, 6) is 0.687. The molecule has 1 fully saturated rings. The summed E-state index contributed by atoms with van der Waals surface area (Å²) in [5, 5.41) is 12.2. The van der Waals surface area contributed by atoms with Crippen LogP contribution in [0.1, 0.15) is 44.6 Å². The summed E-state index contributed by atoms with van der Waals surface area (Å²) in [5.41, 5.74) is 0.983. The van der Waals surface area contributed by atoms with Gasteiger partial charge in [0.15, 0.2) is 0 Å². The predicted molar refractivity (Wildman–Crippen MR) is 92.3 cm³/mol. The maximum absolute atomic E-state index is 12.1. The first-order valence-electron chi connectivity index (χ1n) is 8.48. The van der Waals surface area contributed by atoms with Crippen LogP contribution < -0.4 is 10.1 Å². The van der Waals surface area contributed by atoms with E-state index in [0.717, 1.165) is 30.6 Å². The zero-order valence-electron chi connectivity index (χ0n) is 13.9. The minimum Gasteiger partial charge on any atom is -0.493 e. The van der Waals surface area contributed by atoms with Crippen LogP contribution in [0.15, 0.2) is 30.3 Å². The van der Waals surface area contributed by atoms with E-state index in [-0.39, 0.29) is 17.9 Å². The molecule has 0 aromatic heterocycles. The van der Waals surface area contributed by atoms with Crippen molar-refractivity contribution >= 4 is 12.0 Å². The van der Waals surface area contributed by atoms with Gasteiger partial charge < -0.3 is 15.2 Å². The largest absolute Gasteiger partial charge is 0.493 e. The number of carbonyl (C=O) groups is 1. The van der Waals surface area contributed by atoms with Crippen LogP contribution >= 0.6 is 0 Å². The standard InChI is InChI=1S/C19H27NO3/c1-2-23-17-8-4-3-7-16(17)9-10-18(22)20-15-19(13-14-21)11-5-6-12-19/h3-4,7-10,21H,2,5-6,11-15H2,1H3,(H,20,22). The lowest BCUT2D eigenvalue weighted by atomic mass is 9.83. The average Bonchev–Trinajstić information content (AvgIpc) is 3.02. The zero-order valence-corrected chi connectivity index (χ0v) is 13.9. The Morgan fingerprint density at radius 1 is 1.35 bits per heavy atom. The van der Waals surface area contributed by atoms with Gasteiger partial charge in [-0.2, -0.15) is 0 Å². The third kappa shape index (κ3) is 5.10. The van der Waals surface area contributed by atoms with Crippen molar-refractivity contribution < 1.29 is 14.6 Å². The van der Waals surface area contributed by atoms with E-state index in [2.05, 4.69) is 5.32 Å². The Hall–Kier alpha value is -1.81. The lowest BCUT2D eigenvalue weighted by molar-refractivity contribution is -0.117. The average molecular weight is 317 g/mol. The van der Waals surface area contributed by atoms with Gasteiger partial charge in [-0.15, -0.1) is 0 Å². The molecule has 0 spiro atoms. The second-order valence-corrected chi connectivity index (χ2v) is 6.20. The minimum absolute atomic E-state index is 0.0848. The number of aliphatic hydroxyl groups is 1. The van der Waals surface area contributed by atoms with Gasteiger partial charge in [-0.3, -0.25) is 4.79 Å². The number of para-hydroxylation sites is 1. The number of hydrogen-bond donors (Lipinski definition) is 2. The summed E-state index contributed by atoms with van der Waals surface area (Å²) in [6.45, 7) is 3.37. The van der Waals surface area contributed by atoms with E-state index >= 15 is 0 Å². The molecule has 1 aliphatic rings. The molecule has 0 saturated heterocycles. The summed E-state index contributed by atoms with van der Waals surface area (Å²) < 4.78 is 5.55. The highest BCUT2D eigenvalue weighted by atomic mass is 16.5. The van der Waals surface area contributed by atoms with Crippen molar-refractivity contribution in [3.8, 4) is 5.75 Å². The molecule has 0 bridgehead atoms. The number of ether oxygens (including phenoxy) is 1. The molecule has 2 N–H and O–H groups in total. The van der Waals surface area contributed by atoms with Gasteiger partial charge in [-0.1, -0.05) is 31.0 Å². The van der Waals surface area contributed by atoms with Crippen LogP contribution in [0.2, 0.25) is 0 Å². The maximum atomic E-state index is 12.1. The van der Waals surface area contributed by atoms with Gasteiger partial charge in [0.25, 0.3) is 0 Å². The van der Waals surface area contributed by atoms with Crippen molar-refractivity contribution in [1.82, 2.24) is 5.32 Å². The molecular formula is C19H27NO3. The van der Waals surface area contributed by atoms with Crippen molar-refractivity contribution in [3.63, 3.8) is 0 Å². The molecule has 1 aliphatic carbocycles. The third-order valence-corrected chi connectivity index (χ3v) is 4.58. The Morgan fingerprint density at radius 3 is 2.78 bits per heavy atom. The molecule has 0 radical (unpaired) electrons. The van der Waals surface area contributed by atoms with Gasteiger partial charge in [-0.05, 0) is 43.7 Å². The van der Waals surface area contributed by atoms with E-state index in [1.807, 2.05) is 31.2 Å². The highest BCUT2D eigenvalue weighted by Crippen LogP contribution is 2.40. The summed E-state index contributed by atoms with van der Waals surface area (Å²) in [6.07, 6.45) is 8.66. The van der Waals surface area contributed by atoms with Crippen LogP contribution in [0.5, 0.6) is 5.75 Å². The molecule has 23 heavy (non-hydrogen) atoms. The summed E-state index contributed by atoms with van der Waals surface area (Å²) in [4.78, 5) is 12.1. The first-order valence-corrected chi connectivity index (χ1v) is 8.48. The molecule has 1 saturated carbocycles. The Balaban J connectivity index is 1.91. The number of carbonyl (C=O) groups excluding carboxylic acids is 1. The Kier molecular flexibility index (Phi) is 6.66. The van der Waals surface area contributed by atoms with Crippen LogP contribution in [-0.2, 0) is 4.79 Å². The molecule has 126 valence electrons. The fourth-order valence-corrected chi connectivity index (χ4v) is 3.28. The molecule has 1 aromatic carbocycles. The lowest BCUT2D eigenvalue weighted by Crippen LogP contribution is -2.35.